The van der Waals surface area contributed by atoms with Crippen LogP contribution in [-0.2, 0) is 11.3 Å². The molecule has 0 radical (unpaired) electrons. The Bertz CT molecular complexity index is 691. The Morgan fingerprint density at radius 2 is 1.92 bits per heavy atom. The highest BCUT2D eigenvalue weighted by Gasteiger charge is 2.50. The molecule has 0 saturated heterocycles. The van der Waals surface area contributed by atoms with E-state index in [1.54, 1.807) is 11.6 Å². The van der Waals surface area contributed by atoms with E-state index in [1.807, 2.05) is 6.92 Å². The molecule has 1 N–H and O–H groups in total. The molecule has 7 nitrogen and oxygen atoms in total. The molecule has 1 heterocycles. The Labute approximate surface area is 153 Å². The molecule has 4 aliphatic rings. The van der Waals surface area contributed by atoms with Gasteiger partial charge in [-0.05, 0) is 73.5 Å². The van der Waals surface area contributed by atoms with Crippen molar-refractivity contribution >= 4 is 11.7 Å². The van der Waals surface area contributed by atoms with Gasteiger partial charge in [0.05, 0.1) is 29.3 Å². The molecular weight excluding hydrogens is 332 g/mol. The van der Waals surface area contributed by atoms with Crippen LogP contribution in [-0.4, -0.2) is 27.2 Å². The first-order valence-corrected chi connectivity index (χ1v) is 9.80. The molecule has 4 fully saturated rings. The van der Waals surface area contributed by atoms with Crippen LogP contribution in [0.5, 0.6) is 0 Å². The Balaban J connectivity index is 1.34. The summed E-state index contributed by atoms with van der Waals surface area (Å²) in [4.78, 5) is 23.0. The Hall–Kier alpha value is -1.92. The van der Waals surface area contributed by atoms with Crippen LogP contribution in [0.2, 0.25) is 0 Å². The molecule has 26 heavy (non-hydrogen) atoms. The number of nitrogens with zero attached hydrogens (tertiary/aromatic N) is 3. The fourth-order valence-electron chi connectivity index (χ4n) is 6.06. The second kappa shape index (κ2) is 6.35. The Morgan fingerprint density at radius 1 is 1.35 bits per heavy atom. The topological polar surface area (TPSA) is 90.1 Å². The summed E-state index contributed by atoms with van der Waals surface area (Å²) in [6.45, 7) is 4.80. The van der Waals surface area contributed by atoms with Gasteiger partial charge in [0.2, 0.25) is 5.91 Å². The number of nitrogens with one attached hydrogen (secondary N) is 1. The highest BCUT2D eigenvalue weighted by atomic mass is 16.6. The largest absolute Gasteiger partial charge is 0.390 e. The molecule has 142 valence electrons. The van der Waals surface area contributed by atoms with Crippen molar-refractivity contribution in [1.29, 1.82) is 0 Å². The van der Waals surface area contributed by atoms with Gasteiger partial charge in [-0.1, -0.05) is 6.92 Å². The zero-order valence-corrected chi connectivity index (χ0v) is 15.6. The van der Waals surface area contributed by atoms with Crippen LogP contribution in [0, 0.1) is 46.1 Å². The normalized spacial score (nSPS) is 33.2. The highest BCUT2D eigenvalue weighted by molar-refractivity contribution is 5.78. The van der Waals surface area contributed by atoms with Gasteiger partial charge < -0.3 is 15.4 Å². The van der Waals surface area contributed by atoms with E-state index in [2.05, 4.69) is 10.4 Å². The van der Waals surface area contributed by atoms with Crippen LogP contribution < -0.4 is 5.32 Å². The van der Waals surface area contributed by atoms with E-state index in [-0.39, 0.29) is 17.6 Å². The third-order valence-electron chi connectivity index (χ3n) is 6.85. The number of hydrogen-bond donors (Lipinski definition) is 1. The van der Waals surface area contributed by atoms with E-state index in [0.29, 0.717) is 17.7 Å². The third kappa shape index (κ3) is 3.23. The average molecular weight is 360 g/mol. The van der Waals surface area contributed by atoms with Crippen molar-refractivity contribution in [2.45, 2.75) is 58.9 Å². The summed E-state index contributed by atoms with van der Waals surface area (Å²) >= 11 is 0. The van der Waals surface area contributed by atoms with Crippen molar-refractivity contribution in [2.24, 2.45) is 29.1 Å². The minimum absolute atomic E-state index is 0.0262. The van der Waals surface area contributed by atoms with Crippen molar-refractivity contribution in [1.82, 2.24) is 15.1 Å². The minimum atomic E-state index is -0.499. The molecule has 4 bridgehead atoms. The summed E-state index contributed by atoms with van der Waals surface area (Å²) in [6.07, 6.45) is 8.04. The van der Waals surface area contributed by atoms with E-state index < -0.39 is 4.92 Å². The molecule has 0 aromatic carbocycles. The molecule has 1 atom stereocenters. The van der Waals surface area contributed by atoms with Gasteiger partial charge in [-0.2, -0.15) is 4.68 Å². The van der Waals surface area contributed by atoms with Crippen LogP contribution in [0.4, 0.5) is 5.82 Å². The molecule has 1 unspecified atom stereocenters. The van der Waals surface area contributed by atoms with Crippen LogP contribution in [0.3, 0.4) is 0 Å². The minimum Gasteiger partial charge on any atom is -0.358 e. The summed E-state index contributed by atoms with van der Waals surface area (Å²) < 4.78 is 1.56. The fourth-order valence-corrected chi connectivity index (χ4v) is 6.06. The maximum Gasteiger partial charge on any atom is 0.390 e. The predicted octanol–water partition coefficient (Wildman–Crippen LogP) is 3.07. The summed E-state index contributed by atoms with van der Waals surface area (Å²) in [5.41, 5.74) is 1.03. The van der Waals surface area contributed by atoms with Gasteiger partial charge >= 0.3 is 5.82 Å². The summed E-state index contributed by atoms with van der Waals surface area (Å²) in [6, 6.07) is 1.44. The molecule has 1 aromatic rings. The number of carbonyl (C=O) groups is 1. The smallest absolute Gasteiger partial charge is 0.358 e. The lowest BCUT2D eigenvalue weighted by molar-refractivity contribution is -0.389. The van der Waals surface area contributed by atoms with Crippen molar-refractivity contribution in [3.8, 4) is 0 Å². The standard InChI is InChI=1S/C19H28N4O3/c1-12(10-22-13(2)3-17(21-22)23(25)26)18(24)20-11-19-7-14-4-15(8-19)6-16(5-14)9-19/h3,12,14-16H,4-11H2,1-2H3,(H,20,24). The molecular formula is C19H28N4O3. The Kier molecular flexibility index (Phi) is 4.28. The maximum atomic E-state index is 12.6. The van der Waals surface area contributed by atoms with Crippen LogP contribution in [0.15, 0.2) is 6.07 Å². The lowest BCUT2D eigenvalue weighted by Crippen LogP contribution is -2.51. The molecule has 7 heteroatoms. The second-order valence-electron chi connectivity index (χ2n) is 9.12. The highest BCUT2D eigenvalue weighted by Crippen LogP contribution is 2.59. The molecule has 5 rings (SSSR count). The van der Waals surface area contributed by atoms with Gasteiger partial charge in [-0.3, -0.25) is 4.79 Å². The number of aromatic nitrogens is 2. The summed E-state index contributed by atoms with van der Waals surface area (Å²) in [7, 11) is 0. The summed E-state index contributed by atoms with van der Waals surface area (Å²) in [5, 5.41) is 18.0. The van der Waals surface area contributed by atoms with Crippen LogP contribution in [0.1, 0.15) is 51.1 Å². The van der Waals surface area contributed by atoms with Crippen molar-refractivity contribution in [3.63, 3.8) is 0 Å². The number of rotatable bonds is 6. The lowest BCUT2D eigenvalue weighted by Gasteiger charge is -2.57. The third-order valence-corrected chi connectivity index (χ3v) is 6.85. The fraction of sp³-hybridized carbons (Fsp3) is 0.789. The number of hydrogen-bond acceptors (Lipinski definition) is 4. The SMILES string of the molecule is Cc1cc([N+](=O)[O-])nn1CC(C)C(=O)NCC12CC3CC(CC(C3)C1)C2. The number of carbonyl (C=O) groups excluding carboxylic acids is 1. The van der Waals surface area contributed by atoms with Gasteiger partial charge in [-0.15, -0.1) is 0 Å². The van der Waals surface area contributed by atoms with E-state index in [0.717, 1.165) is 24.3 Å². The van der Waals surface area contributed by atoms with Crippen LogP contribution in [0.25, 0.3) is 0 Å². The monoisotopic (exact) mass is 360 g/mol. The zero-order valence-electron chi connectivity index (χ0n) is 15.6. The quantitative estimate of drug-likeness (QED) is 0.623. The summed E-state index contributed by atoms with van der Waals surface area (Å²) in [5.74, 6) is 2.23. The molecule has 0 spiro atoms. The lowest BCUT2D eigenvalue weighted by atomic mass is 9.49. The first-order valence-electron chi connectivity index (χ1n) is 9.80. The Morgan fingerprint density at radius 3 is 2.42 bits per heavy atom. The van der Waals surface area contributed by atoms with Crippen molar-refractivity contribution in [3.05, 3.63) is 21.9 Å². The maximum absolute atomic E-state index is 12.6. The van der Waals surface area contributed by atoms with E-state index in [1.165, 1.54) is 44.6 Å². The van der Waals surface area contributed by atoms with E-state index >= 15 is 0 Å². The number of amides is 1. The van der Waals surface area contributed by atoms with Gasteiger partial charge in [0.15, 0.2) is 0 Å². The molecule has 4 aliphatic carbocycles. The number of nitro groups is 1. The van der Waals surface area contributed by atoms with Crippen LogP contribution >= 0.6 is 0 Å². The van der Waals surface area contributed by atoms with E-state index in [9.17, 15) is 14.9 Å². The predicted molar refractivity (Wildman–Crippen MR) is 96.4 cm³/mol. The zero-order chi connectivity index (χ0) is 18.5. The van der Waals surface area contributed by atoms with Gasteiger partial charge in [0, 0.05) is 6.54 Å². The van der Waals surface area contributed by atoms with Gasteiger partial charge in [0.25, 0.3) is 0 Å². The molecule has 1 aromatic heterocycles. The van der Waals surface area contributed by atoms with Crippen molar-refractivity contribution in [2.75, 3.05) is 6.54 Å². The van der Waals surface area contributed by atoms with Crippen molar-refractivity contribution < 1.29 is 9.72 Å². The average Bonchev–Trinajstić information content (AvgIpc) is 2.92. The first-order chi connectivity index (χ1) is 12.3. The molecule has 4 saturated carbocycles. The molecule has 0 aliphatic heterocycles. The first kappa shape index (κ1) is 17.5. The van der Waals surface area contributed by atoms with Gasteiger partial charge in [0.1, 0.15) is 0 Å². The molecule has 1 amide bonds. The second-order valence-corrected chi connectivity index (χ2v) is 9.12. The van der Waals surface area contributed by atoms with E-state index in [4.69, 9.17) is 0 Å². The van der Waals surface area contributed by atoms with Gasteiger partial charge in [-0.25, -0.2) is 0 Å². The number of aryl methyl sites for hydroxylation is 1.